The molecule has 0 bridgehead atoms. The highest BCUT2D eigenvalue weighted by Crippen LogP contribution is 2.20. The summed E-state index contributed by atoms with van der Waals surface area (Å²) < 4.78 is 0. The summed E-state index contributed by atoms with van der Waals surface area (Å²) in [4.78, 5) is 10.8. The lowest BCUT2D eigenvalue weighted by Gasteiger charge is -2.21. The average molecular weight is 185 g/mol. The molecule has 0 atom stereocenters. The largest absolute Gasteiger partial charge is 0.391 e. The van der Waals surface area contributed by atoms with Crippen LogP contribution in [0.2, 0.25) is 0 Å². The molecule has 0 saturated heterocycles. The summed E-state index contributed by atoms with van der Waals surface area (Å²) in [5, 5.41) is 18.4. The van der Waals surface area contributed by atoms with E-state index in [-0.39, 0.29) is 11.1 Å². The number of carbonyl (C=O) groups is 1. The normalized spacial score (nSPS) is 13.5. The Bertz CT molecular complexity index is 248. The molecule has 1 amide bonds. The fourth-order valence-electron chi connectivity index (χ4n) is 1.04. The van der Waals surface area contributed by atoms with Crippen LogP contribution in [0, 0.1) is 0 Å². The van der Waals surface area contributed by atoms with E-state index in [2.05, 4.69) is 6.58 Å². The van der Waals surface area contributed by atoms with Gasteiger partial charge in [0.25, 0.3) is 0 Å². The molecule has 0 aromatic rings. The van der Waals surface area contributed by atoms with Crippen molar-refractivity contribution in [1.82, 2.24) is 0 Å². The highest BCUT2D eigenvalue weighted by atomic mass is 16.3. The molecule has 0 aliphatic carbocycles. The van der Waals surface area contributed by atoms with Crippen molar-refractivity contribution >= 4 is 5.91 Å². The molecular weight excluding hydrogens is 170 g/mol. The van der Waals surface area contributed by atoms with Gasteiger partial charge in [-0.3, -0.25) is 4.79 Å². The first-order valence-electron chi connectivity index (χ1n) is 3.83. The summed E-state index contributed by atoms with van der Waals surface area (Å²) >= 11 is 0. The molecular formula is C9H15NO3. The number of amides is 1. The molecule has 0 fully saturated rings. The van der Waals surface area contributed by atoms with Crippen LogP contribution < -0.4 is 5.73 Å². The van der Waals surface area contributed by atoms with E-state index in [0.29, 0.717) is 0 Å². The van der Waals surface area contributed by atoms with Crippen LogP contribution in [0.4, 0.5) is 0 Å². The number of nitrogens with two attached hydrogens (primary N) is 1. The van der Waals surface area contributed by atoms with E-state index >= 15 is 0 Å². The van der Waals surface area contributed by atoms with Gasteiger partial charge in [-0.2, -0.15) is 0 Å². The van der Waals surface area contributed by atoms with Gasteiger partial charge < -0.3 is 15.9 Å². The third-order valence-corrected chi connectivity index (χ3v) is 1.64. The quantitative estimate of drug-likeness (QED) is 0.416. The predicted molar refractivity (Wildman–Crippen MR) is 49.8 cm³/mol. The van der Waals surface area contributed by atoms with Gasteiger partial charge in [-0.1, -0.05) is 12.7 Å². The molecule has 4 nitrogen and oxygen atoms in total. The third-order valence-electron chi connectivity index (χ3n) is 1.64. The number of hydrogen-bond acceptors (Lipinski definition) is 3. The molecule has 0 aliphatic heterocycles. The molecule has 0 unspecified atom stereocenters. The van der Waals surface area contributed by atoms with Crippen LogP contribution >= 0.6 is 0 Å². The maximum atomic E-state index is 10.8. The van der Waals surface area contributed by atoms with E-state index in [1.54, 1.807) is 0 Å². The van der Waals surface area contributed by atoms with Gasteiger partial charge in [0, 0.05) is 5.57 Å². The summed E-state index contributed by atoms with van der Waals surface area (Å²) in [7, 11) is 0. The molecule has 0 radical (unpaired) electrons. The minimum absolute atomic E-state index is 0.0116. The Morgan fingerprint density at radius 2 is 2.08 bits per heavy atom. The van der Waals surface area contributed by atoms with Crippen molar-refractivity contribution in [3.05, 3.63) is 23.8 Å². The molecule has 13 heavy (non-hydrogen) atoms. The zero-order valence-corrected chi connectivity index (χ0v) is 7.87. The van der Waals surface area contributed by atoms with Gasteiger partial charge in [0.2, 0.25) is 5.91 Å². The van der Waals surface area contributed by atoms with Crippen molar-refractivity contribution in [2.75, 3.05) is 6.61 Å². The van der Waals surface area contributed by atoms with Crippen molar-refractivity contribution in [2.24, 2.45) is 5.73 Å². The molecule has 0 heterocycles. The zero-order chi connectivity index (χ0) is 10.6. The molecule has 0 saturated carbocycles. The molecule has 4 heteroatoms. The van der Waals surface area contributed by atoms with Crippen molar-refractivity contribution < 1.29 is 15.0 Å². The second kappa shape index (κ2) is 4.20. The number of aliphatic hydroxyl groups excluding tert-OH is 1. The lowest BCUT2D eigenvalue weighted by atomic mass is 9.93. The number of aliphatic hydroxyl groups is 2. The van der Waals surface area contributed by atoms with Crippen molar-refractivity contribution in [1.29, 1.82) is 0 Å². The average Bonchev–Trinajstić information content (AvgIpc) is 1.96. The minimum atomic E-state index is -1.23. The summed E-state index contributed by atoms with van der Waals surface area (Å²) in [6.07, 6.45) is 1.32. The van der Waals surface area contributed by atoms with Crippen LogP contribution in [-0.4, -0.2) is 28.3 Å². The van der Waals surface area contributed by atoms with Crippen LogP contribution in [0.15, 0.2) is 23.8 Å². The number of rotatable bonds is 4. The molecule has 0 spiro atoms. The Balaban J connectivity index is 5.31. The molecule has 0 aliphatic rings. The Kier molecular flexibility index (Phi) is 3.84. The van der Waals surface area contributed by atoms with Crippen molar-refractivity contribution in [3.63, 3.8) is 0 Å². The molecule has 74 valence electrons. The van der Waals surface area contributed by atoms with Gasteiger partial charge in [-0.05, 0) is 19.4 Å². The van der Waals surface area contributed by atoms with E-state index in [1.807, 2.05) is 0 Å². The Morgan fingerprint density at radius 1 is 1.62 bits per heavy atom. The number of carbonyl (C=O) groups excluding carboxylic acids is 1. The fourth-order valence-corrected chi connectivity index (χ4v) is 1.04. The van der Waals surface area contributed by atoms with E-state index in [1.165, 1.54) is 19.9 Å². The second-order valence-electron chi connectivity index (χ2n) is 3.18. The zero-order valence-electron chi connectivity index (χ0n) is 7.87. The van der Waals surface area contributed by atoms with Crippen molar-refractivity contribution in [2.45, 2.75) is 19.4 Å². The van der Waals surface area contributed by atoms with Gasteiger partial charge in [-0.25, -0.2) is 0 Å². The summed E-state index contributed by atoms with van der Waals surface area (Å²) in [5.41, 5.74) is 4.02. The van der Waals surface area contributed by atoms with Crippen LogP contribution in [0.25, 0.3) is 0 Å². The van der Waals surface area contributed by atoms with Crippen molar-refractivity contribution in [3.8, 4) is 0 Å². The van der Waals surface area contributed by atoms with E-state index in [9.17, 15) is 9.90 Å². The molecule has 0 aromatic carbocycles. The van der Waals surface area contributed by atoms with Crippen LogP contribution in [0.3, 0.4) is 0 Å². The highest BCUT2D eigenvalue weighted by Gasteiger charge is 2.22. The van der Waals surface area contributed by atoms with Gasteiger partial charge >= 0.3 is 0 Å². The smallest absolute Gasteiger partial charge is 0.247 e. The monoisotopic (exact) mass is 185 g/mol. The Hall–Kier alpha value is -1.13. The third kappa shape index (κ3) is 3.01. The summed E-state index contributed by atoms with van der Waals surface area (Å²) in [5.74, 6) is -0.750. The number of hydrogen-bond donors (Lipinski definition) is 3. The highest BCUT2D eigenvalue weighted by molar-refractivity contribution is 5.93. The SMILES string of the molecule is C=C/C(=C(\CO)C(N)=O)C(C)(C)O. The number of primary amides is 1. The molecule has 0 rings (SSSR count). The lowest BCUT2D eigenvalue weighted by Crippen LogP contribution is -2.28. The maximum Gasteiger partial charge on any atom is 0.247 e. The van der Waals surface area contributed by atoms with Crippen LogP contribution in [-0.2, 0) is 4.79 Å². The van der Waals surface area contributed by atoms with Crippen LogP contribution in [0.5, 0.6) is 0 Å². The molecule has 0 aromatic heterocycles. The second-order valence-corrected chi connectivity index (χ2v) is 3.18. The van der Waals surface area contributed by atoms with Crippen LogP contribution in [0.1, 0.15) is 13.8 Å². The van der Waals surface area contributed by atoms with Gasteiger partial charge in [0.15, 0.2) is 0 Å². The first-order chi connectivity index (χ1) is 5.84. The fraction of sp³-hybridized carbons (Fsp3) is 0.444. The summed E-state index contributed by atoms with van der Waals surface area (Å²) in [6, 6.07) is 0. The standard InChI is InChI=1S/C9H15NO3/c1-4-7(9(2,3)13)6(5-11)8(10)12/h4,11,13H,1,5H2,2-3H3,(H2,10,12)/b7-6-. The maximum absolute atomic E-state index is 10.8. The Morgan fingerprint density at radius 3 is 2.15 bits per heavy atom. The van der Waals surface area contributed by atoms with Gasteiger partial charge in [-0.15, -0.1) is 0 Å². The first-order valence-corrected chi connectivity index (χ1v) is 3.83. The lowest BCUT2D eigenvalue weighted by molar-refractivity contribution is -0.115. The topological polar surface area (TPSA) is 83.5 Å². The molecule has 4 N–H and O–H groups in total. The van der Waals surface area contributed by atoms with Gasteiger partial charge in [0.05, 0.1) is 12.2 Å². The minimum Gasteiger partial charge on any atom is -0.391 e. The van der Waals surface area contributed by atoms with E-state index < -0.39 is 18.1 Å². The van der Waals surface area contributed by atoms with E-state index in [4.69, 9.17) is 10.8 Å². The summed E-state index contributed by atoms with van der Waals surface area (Å²) in [6.45, 7) is 5.92. The van der Waals surface area contributed by atoms with E-state index in [0.717, 1.165) is 0 Å². The van der Waals surface area contributed by atoms with Gasteiger partial charge in [0.1, 0.15) is 0 Å². The first kappa shape index (κ1) is 11.9. The predicted octanol–water partition coefficient (Wildman–Crippen LogP) is -0.283. The Labute approximate surface area is 77.4 Å².